The van der Waals surface area contributed by atoms with Gasteiger partial charge in [-0.1, -0.05) is 23.3 Å². The van der Waals surface area contributed by atoms with Crippen molar-refractivity contribution in [2.75, 3.05) is 0 Å². The Labute approximate surface area is 100 Å². The lowest BCUT2D eigenvalue weighted by molar-refractivity contribution is 0.689. The van der Waals surface area contributed by atoms with Gasteiger partial charge in [0.1, 0.15) is 0 Å². The number of halogens is 3. The zero-order valence-electron chi connectivity index (χ0n) is 8.23. The van der Waals surface area contributed by atoms with Crippen molar-refractivity contribution in [3.63, 3.8) is 0 Å². The highest BCUT2D eigenvalue weighted by molar-refractivity contribution is 7.65. The lowest BCUT2D eigenvalue weighted by atomic mass is 9.96. The number of hydrogen-bond acceptors (Lipinski definition) is 0. The van der Waals surface area contributed by atoms with E-state index >= 15 is 0 Å². The van der Waals surface area contributed by atoms with E-state index in [1.807, 2.05) is 0 Å². The molecule has 1 fully saturated rings. The fourth-order valence-corrected chi connectivity index (χ4v) is 6.87. The molecule has 1 saturated carbocycles. The molecule has 0 heterocycles. The SMILES string of the molecule is CC(C)=C1C2C=CC(C2)C1[Si](Cl)(Cl)Cl. The molecular weight excluding hydrogens is 255 g/mol. The minimum atomic E-state index is -2.60. The molecule has 2 aliphatic rings. The minimum Gasteiger partial charge on any atom is -0.125 e. The molecule has 3 atom stereocenters. The molecule has 0 aromatic heterocycles. The van der Waals surface area contributed by atoms with E-state index in [9.17, 15) is 0 Å². The van der Waals surface area contributed by atoms with E-state index in [0.29, 0.717) is 11.8 Å². The van der Waals surface area contributed by atoms with Gasteiger partial charge in [-0.2, -0.15) is 0 Å². The second-order valence-corrected chi connectivity index (χ2v) is 13.2. The van der Waals surface area contributed by atoms with Crippen LogP contribution >= 0.6 is 33.2 Å². The number of rotatable bonds is 1. The second kappa shape index (κ2) is 3.55. The van der Waals surface area contributed by atoms with Gasteiger partial charge in [0.05, 0.1) is 0 Å². The van der Waals surface area contributed by atoms with E-state index < -0.39 is 6.00 Å². The van der Waals surface area contributed by atoms with Crippen LogP contribution in [0.2, 0.25) is 5.54 Å². The first-order chi connectivity index (χ1) is 6.41. The Morgan fingerprint density at radius 1 is 1.29 bits per heavy atom. The predicted molar refractivity (Wildman–Crippen MR) is 66.2 cm³/mol. The Kier molecular flexibility index (Phi) is 2.81. The summed E-state index contributed by atoms with van der Waals surface area (Å²) in [6.45, 7) is 4.25. The monoisotopic (exact) mass is 266 g/mol. The summed E-state index contributed by atoms with van der Waals surface area (Å²) in [5, 5.41) is 0. The molecule has 0 nitrogen and oxygen atoms in total. The number of allylic oxidation sites excluding steroid dienone is 4. The summed E-state index contributed by atoms with van der Waals surface area (Å²) in [6, 6.07) is -2.60. The zero-order chi connectivity index (χ0) is 10.5. The zero-order valence-corrected chi connectivity index (χ0v) is 11.5. The van der Waals surface area contributed by atoms with Crippen molar-refractivity contribution in [1.82, 2.24) is 0 Å². The minimum absolute atomic E-state index is 0.229. The van der Waals surface area contributed by atoms with Gasteiger partial charge in [0.2, 0.25) is 0 Å². The van der Waals surface area contributed by atoms with Crippen LogP contribution < -0.4 is 0 Å². The maximum atomic E-state index is 6.17. The molecule has 0 aliphatic heterocycles. The van der Waals surface area contributed by atoms with Crippen molar-refractivity contribution < 1.29 is 0 Å². The summed E-state index contributed by atoms with van der Waals surface area (Å²) in [7, 11) is 0. The first kappa shape index (κ1) is 11.1. The molecule has 2 aliphatic carbocycles. The molecule has 3 unspecified atom stereocenters. The summed E-state index contributed by atoms with van der Waals surface area (Å²) >= 11 is 18.5. The Bertz CT molecular complexity index is 310. The van der Waals surface area contributed by atoms with E-state index in [-0.39, 0.29) is 5.54 Å². The molecule has 14 heavy (non-hydrogen) atoms. The van der Waals surface area contributed by atoms with E-state index in [1.165, 1.54) is 11.1 Å². The topological polar surface area (TPSA) is 0 Å². The van der Waals surface area contributed by atoms with Gasteiger partial charge in [-0.25, -0.2) is 0 Å². The molecular formula is C10H13Cl3Si. The van der Waals surface area contributed by atoms with Crippen molar-refractivity contribution in [2.24, 2.45) is 11.8 Å². The third-order valence-corrected chi connectivity index (χ3v) is 6.77. The van der Waals surface area contributed by atoms with Crippen LogP contribution in [0.4, 0.5) is 0 Å². The van der Waals surface area contributed by atoms with Crippen molar-refractivity contribution in [3.8, 4) is 0 Å². The van der Waals surface area contributed by atoms with Gasteiger partial charge in [-0.15, -0.1) is 33.2 Å². The Morgan fingerprint density at radius 3 is 2.36 bits per heavy atom. The summed E-state index contributed by atoms with van der Waals surface area (Å²) in [5.74, 6) is 1.04. The quantitative estimate of drug-likeness (QED) is 0.371. The average Bonchev–Trinajstić information content (AvgIpc) is 2.58. The standard InChI is InChI=1S/C10H13Cl3Si/c1-6(2)9-7-3-4-8(5-7)10(9)14(11,12)13/h3-4,7-8,10H,5H2,1-2H3. The molecule has 4 heteroatoms. The van der Waals surface area contributed by atoms with E-state index in [1.54, 1.807) is 0 Å². The van der Waals surface area contributed by atoms with E-state index in [2.05, 4.69) is 26.0 Å². The molecule has 0 amide bonds. The van der Waals surface area contributed by atoms with Gasteiger partial charge in [-0.05, 0) is 32.1 Å². The lowest BCUT2D eigenvalue weighted by Crippen LogP contribution is -2.25. The highest BCUT2D eigenvalue weighted by atomic mass is 35.8. The van der Waals surface area contributed by atoms with Crippen LogP contribution in [0.3, 0.4) is 0 Å². The van der Waals surface area contributed by atoms with Crippen molar-refractivity contribution in [1.29, 1.82) is 0 Å². The van der Waals surface area contributed by atoms with Gasteiger partial charge in [0.15, 0.2) is 0 Å². The van der Waals surface area contributed by atoms with Gasteiger partial charge < -0.3 is 0 Å². The third kappa shape index (κ3) is 1.69. The molecule has 2 bridgehead atoms. The van der Waals surface area contributed by atoms with Crippen LogP contribution in [0.15, 0.2) is 23.3 Å². The van der Waals surface area contributed by atoms with Gasteiger partial charge in [0.25, 0.3) is 0 Å². The fraction of sp³-hybridized carbons (Fsp3) is 0.600. The number of hydrogen-bond donors (Lipinski definition) is 0. The summed E-state index contributed by atoms with van der Waals surface area (Å²) in [6.07, 6.45) is 5.66. The molecule has 0 spiro atoms. The Morgan fingerprint density at radius 2 is 1.93 bits per heavy atom. The molecule has 0 aromatic rings. The molecule has 2 rings (SSSR count). The fourth-order valence-electron chi connectivity index (χ4n) is 2.77. The summed E-state index contributed by atoms with van der Waals surface area (Å²) in [4.78, 5) is 0. The predicted octanol–water partition coefficient (Wildman–Crippen LogP) is 4.55. The highest BCUT2D eigenvalue weighted by Crippen LogP contribution is 2.59. The molecule has 0 aromatic carbocycles. The highest BCUT2D eigenvalue weighted by Gasteiger charge is 2.51. The Hall–Kier alpha value is 0.567. The molecule has 0 radical (unpaired) electrons. The van der Waals surface area contributed by atoms with Crippen molar-refractivity contribution in [3.05, 3.63) is 23.3 Å². The van der Waals surface area contributed by atoms with Gasteiger partial charge >= 0.3 is 6.00 Å². The van der Waals surface area contributed by atoms with Crippen molar-refractivity contribution in [2.45, 2.75) is 25.8 Å². The van der Waals surface area contributed by atoms with Crippen LogP contribution in [0.1, 0.15) is 20.3 Å². The molecule has 0 N–H and O–H groups in total. The third-order valence-electron chi connectivity index (χ3n) is 3.21. The van der Waals surface area contributed by atoms with E-state index in [4.69, 9.17) is 33.2 Å². The van der Waals surface area contributed by atoms with Crippen LogP contribution in [0.5, 0.6) is 0 Å². The summed E-state index contributed by atoms with van der Waals surface area (Å²) < 4.78 is 0. The number of fused-ring (bicyclic) bond motifs is 2. The van der Waals surface area contributed by atoms with Crippen LogP contribution in [-0.2, 0) is 0 Å². The van der Waals surface area contributed by atoms with Gasteiger partial charge in [-0.3, -0.25) is 0 Å². The van der Waals surface area contributed by atoms with Crippen LogP contribution in [-0.4, -0.2) is 6.00 Å². The Balaban J connectivity index is 2.42. The second-order valence-electron chi connectivity index (χ2n) is 4.37. The normalized spacial score (nSPS) is 35.5. The van der Waals surface area contributed by atoms with Crippen molar-refractivity contribution >= 4 is 39.2 Å². The molecule has 78 valence electrons. The average molecular weight is 268 g/mol. The smallest absolute Gasteiger partial charge is 0.125 e. The van der Waals surface area contributed by atoms with E-state index in [0.717, 1.165) is 6.42 Å². The van der Waals surface area contributed by atoms with Crippen LogP contribution in [0.25, 0.3) is 0 Å². The molecule has 0 saturated heterocycles. The lowest BCUT2D eigenvalue weighted by Gasteiger charge is -2.27. The largest absolute Gasteiger partial charge is 0.348 e. The van der Waals surface area contributed by atoms with Gasteiger partial charge in [0, 0.05) is 5.54 Å². The van der Waals surface area contributed by atoms with Crippen LogP contribution in [0, 0.1) is 11.8 Å². The summed E-state index contributed by atoms with van der Waals surface area (Å²) in [5.41, 5.74) is 2.97. The maximum absolute atomic E-state index is 6.17. The first-order valence-electron chi connectivity index (χ1n) is 4.83. The first-order valence-corrected chi connectivity index (χ1v) is 9.95. The maximum Gasteiger partial charge on any atom is 0.348 e.